The maximum absolute atomic E-state index is 12.3. The van der Waals surface area contributed by atoms with Gasteiger partial charge in [-0.3, -0.25) is 9.79 Å². The Labute approximate surface area is 109 Å². The molecule has 1 saturated carbocycles. The molecule has 0 aromatic heterocycles. The van der Waals surface area contributed by atoms with E-state index in [1.54, 1.807) is 0 Å². The van der Waals surface area contributed by atoms with Gasteiger partial charge in [0, 0.05) is 19.0 Å². The summed E-state index contributed by atoms with van der Waals surface area (Å²) in [6, 6.07) is 0. The number of rotatable bonds is 1. The predicted octanol–water partition coefficient (Wildman–Crippen LogP) is 1.56. The summed E-state index contributed by atoms with van der Waals surface area (Å²) >= 11 is 0. The molecule has 18 heavy (non-hydrogen) atoms. The van der Waals surface area contributed by atoms with Gasteiger partial charge in [-0.2, -0.15) is 0 Å². The van der Waals surface area contributed by atoms with Crippen molar-refractivity contribution < 1.29 is 4.79 Å². The van der Waals surface area contributed by atoms with Gasteiger partial charge in [0.25, 0.3) is 5.91 Å². The van der Waals surface area contributed by atoms with Crippen molar-refractivity contribution >= 4 is 11.7 Å². The maximum Gasteiger partial charge on any atom is 0.253 e. The number of amides is 1. The Morgan fingerprint density at radius 3 is 2.56 bits per heavy atom. The second kappa shape index (κ2) is 4.65. The van der Waals surface area contributed by atoms with Crippen molar-refractivity contribution in [1.82, 2.24) is 10.2 Å². The largest absolute Gasteiger partial charge is 0.312 e. The molecule has 4 nitrogen and oxygen atoms in total. The average molecular weight is 249 g/mol. The van der Waals surface area contributed by atoms with Crippen LogP contribution >= 0.6 is 0 Å². The first-order valence-electron chi connectivity index (χ1n) is 7.29. The SMILES string of the molecule is CN1CCC2(CC1)N=C(C1CCCCC1)NC2=O. The second-order valence-electron chi connectivity index (χ2n) is 6.12. The lowest BCUT2D eigenvalue weighted by Crippen LogP contribution is -2.48. The molecule has 2 aliphatic heterocycles. The number of carbonyl (C=O) groups is 1. The highest BCUT2D eigenvalue weighted by atomic mass is 16.2. The van der Waals surface area contributed by atoms with Gasteiger partial charge in [-0.1, -0.05) is 19.3 Å². The summed E-state index contributed by atoms with van der Waals surface area (Å²) in [6.45, 7) is 1.96. The molecule has 1 spiro atoms. The van der Waals surface area contributed by atoms with E-state index in [0.717, 1.165) is 31.8 Å². The Morgan fingerprint density at radius 1 is 1.22 bits per heavy atom. The highest BCUT2D eigenvalue weighted by Gasteiger charge is 2.46. The maximum atomic E-state index is 12.3. The molecule has 0 aromatic rings. The topological polar surface area (TPSA) is 44.7 Å². The fraction of sp³-hybridized carbons (Fsp3) is 0.857. The molecule has 0 radical (unpaired) electrons. The smallest absolute Gasteiger partial charge is 0.253 e. The fourth-order valence-electron chi connectivity index (χ4n) is 3.44. The molecule has 0 unspecified atom stereocenters. The van der Waals surface area contributed by atoms with Crippen molar-refractivity contribution in [1.29, 1.82) is 0 Å². The summed E-state index contributed by atoms with van der Waals surface area (Å²) in [5.74, 6) is 1.68. The molecule has 1 amide bonds. The van der Waals surface area contributed by atoms with E-state index in [4.69, 9.17) is 4.99 Å². The number of hydrogen-bond acceptors (Lipinski definition) is 3. The molecular formula is C14H23N3O. The minimum atomic E-state index is -0.417. The van der Waals surface area contributed by atoms with Crippen LogP contribution in [0.2, 0.25) is 0 Å². The molecule has 1 N–H and O–H groups in total. The van der Waals surface area contributed by atoms with Crippen LogP contribution in [0, 0.1) is 5.92 Å². The number of piperidine rings is 1. The van der Waals surface area contributed by atoms with Gasteiger partial charge in [0.05, 0.1) is 0 Å². The molecule has 2 heterocycles. The first kappa shape index (κ1) is 12.2. The zero-order valence-electron chi connectivity index (χ0n) is 11.2. The van der Waals surface area contributed by atoms with Crippen LogP contribution in [0.5, 0.6) is 0 Å². The van der Waals surface area contributed by atoms with Crippen LogP contribution in [0.25, 0.3) is 0 Å². The van der Waals surface area contributed by atoms with E-state index < -0.39 is 5.54 Å². The van der Waals surface area contributed by atoms with Gasteiger partial charge < -0.3 is 10.2 Å². The molecule has 3 aliphatic rings. The van der Waals surface area contributed by atoms with Crippen LogP contribution in [0.15, 0.2) is 4.99 Å². The lowest BCUT2D eigenvalue weighted by atomic mass is 9.88. The van der Waals surface area contributed by atoms with Gasteiger partial charge >= 0.3 is 0 Å². The van der Waals surface area contributed by atoms with E-state index in [-0.39, 0.29) is 5.91 Å². The molecule has 1 aliphatic carbocycles. The number of carbonyl (C=O) groups excluding carboxylic acids is 1. The zero-order chi connectivity index (χ0) is 12.6. The summed E-state index contributed by atoms with van der Waals surface area (Å²) in [4.78, 5) is 19.4. The predicted molar refractivity (Wildman–Crippen MR) is 71.6 cm³/mol. The number of amidine groups is 1. The molecule has 1 saturated heterocycles. The zero-order valence-corrected chi connectivity index (χ0v) is 11.2. The fourth-order valence-corrected chi connectivity index (χ4v) is 3.44. The van der Waals surface area contributed by atoms with E-state index in [2.05, 4.69) is 17.3 Å². The van der Waals surface area contributed by atoms with E-state index in [1.807, 2.05) is 0 Å². The number of likely N-dealkylation sites (tertiary alicyclic amines) is 1. The summed E-state index contributed by atoms with van der Waals surface area (Å²) in [7, 11) is 2.12. The van der Waals surface area contributed by atoms with Crippen molar-refractivity contribution in [3.05, 3.63) is 0 Å². The second-order valence-corrected chi connectivity index (χ2v) is 6.12. The molecule has 0 aromatic carbocycles. The minimum absolute atomic E-state index is 0.163. The van der Waals surface area contributed by atoms with E-state index in [1.165, 1.54) is 32.1 Å². The first-order chi connectivity index (χ1) is 8.70. The van der Waals surface area contributed by atoms with Crippen LogP contribution in [0.3, 0.4) is 0 Å². The number of nitrogens with one attached hydrogen (secondary N) is 1. The lowest BCUT2D eigenvalue weighted by Gasteiger charge is -2.33. The third-order valence-corrected chi connectivity index (χ3v) is 4.80. The summed E-state index contributed by atoms with van der Waals surface area (Å²) in [5.41, 5.74) is -0.417. The monoisotopic (exact) mass is 249 g/mol. The minimum Gasteiger partial charge on any atom is -0.312 e. The van der Waals surface area contributed by atoms with Crippen LogP contribution < -0.4 is 5.32 Å². The van der Waals surface area contributed by atoms with Crippen molar-refractivity contribution in [2.24, 2.45) is 10.9 Å². The van der Waals surface area contributed by atoms with Gasteiger partial charge in [0.1, 0.15) is 11.4 Å². The average Bonchev–Trinajstić information content (AvgIpc) is 2.72. The van der Waals surface area contributed by atoms with Crippen LogP contribution in [0.4, 0.5) is 0 Å². The number of aliphatic imine (C=N–C) groups is 1. The standard InChI is InChI=1S/C14H23N3O/c1-17-9-7-14(8-10-17)13(18)15-12(16-14)11-5-3-2-4-6-11/h11H,2-10H2,1H3,(H,15,16,18). The Bertz CT molecular complexity index is 363. The van der Waals surface area contributed by atoms with Crippen LogP contribution in [-0.4, -0.2) is 42.3 Å². The van der Waals surface area contributed by atoms with Crippen molar-refractivity contribution in [2.75, 3.05) is 20.1 Å². The molecular weight excluding hydrogens is 226 g/mol. The van der Waals surface area contributed by atoms with Crippen LogP contribution in [0.1, 0.15) is 44.9 Å². The summed E-state index contributed by atoms with van der Waals surface area (Å²) in [6.07, 6.45) is 8.08. The van der Waals surface area contributed by atoms with E-state index >= 15 is 0 Å². The Kier molecular flexibility index (Phi) is 3.14. The highest BCUT2D eigenvalue weighted by molar-refractivity contribution is 6.09. The third kappa shape index (κ3) is 2.07. The Balaban J connectivity index is 1.75. The van der Waals surface area contributed by atoms with Crippen LogP contribution in [-0.2, 0) is 4.79 Å². The molecule has 0 bridgehead atoms. The Morgan fingerprint density at radius 2 is 1.89 bits per heavy atom. The summed E-state index contributed by atoms with van der Waals surface area (Å²) in [5, 5.41) is 3.09. The molecule has 4 heteroatoms. The molecule has 3 rings (SSSR count). The van der Waals surface area contributed by atoms with E-state index in [0.29, 0.717) is 5.92 Å². The molecule has 0 atom stereocenters. The molecule has 100 valence electrons. The van der Waals surface area contributed by atoms with Gasteiger partial charge in [-0.05, 0) is 32.7 Å². The number of hydrogen-bond donors (Lipinski definition) is 1. The van der Waals surface area contributed by atoms with Gasteiger partial charge in [0.15, 0.2) is 0 Å². The highest BCUT2D eigenvalue weighted by Crippen LogP contribution is 2.33. The van der Waals surface area contributed by atoms with Crippen molar-refractivity contribution in [3.8, 4) is 0 Å². The third-order valence-electron chi connectivity index (χ3n) is 4.80. The molecule has 2 fully saturated rings. The summed E-state index contributed by atoms with van der Waals surface area (Å²) < 4.78 is 0. The van der Waals surface area contributed by atoms with E-state index in [9.17, 15) is 4.79 Å². The van der Waals surface area contributed by atoms with Gasteiger partial charge in [-0.25, -0.2) is 0 Å². The van der Waals surface area contributed by atoms with Crippen molar-refractivity contribution in [2.45, 2.75) is 50.5 Å². The normalized spacial score (nSPS) is 29.4. The Hall–Kier alpha value is -0.900. The first-order valence-corrected chi connectivity index (χ1v) is 7.29. The van der Waals surface area contributed by atoms with Crippen molar-refractivity contribution in [3.63, 3.8) is 0 Å². The quantitative estimate of drug-likeness (QED) is 0.766. The van der Waals surface area contributed by atoms with Gasteiger partial charge in [0.2, 0.25) is 0 Å². The lowest BCUT2D eigenvalue weighted by molar-refractivity contribution is -0.125. The van der Waals surface area contributed by atoms with Gasteiger partial charge in [-0.15, -0.1) is 0 Å². The number of nitrogens with zero attached hydrogens (tertiary/aromatic N) is 2.